The Labute approximate surface area is 84.5 Å². The summed E-state index contributed by atoms with van der Waals surface area (Å²) >= 11 is 0. The van der Waals surface area contributed by atoms with Gasteiger partial charge in [-0.15, -0.1) is 0 Å². The molecule has 1 aromatic carbocycles. The molecule has 0 aliphatic carbocycles. The lowest BCUT2D eigenvalue weighted by Crippen LogP contribution is -1.94. The maximum Gasteiger partial charge on any atom is 0.140 e. The van der Waals surface area contributed by atoms with E-state index in [4.69, 9.17) is 4.74 Å². The Morgan fingerprint density at radius 3 is 2.57 bits per heavy atom. The number of aliphatic hydroxyl groups excluding tert-OH is 1. The van der Waals surface area contributed by atoms with E-state index in [9.17, 15) is 5.11 Å². The van der Waals surface area contributed by atoms with E-state index in [1.165, 1.54) is 5.56 Å². The van der Waals surface area contributed by atoms with Crippen molar-refractivity contribution in [3.63, 3.8) is 0 Å². The number of aliphatic hydroxyl groups is 1. The van der Waals surface area contributed by atoms with Crippen LogP contribution in [0.3, 0.4) is 0 Å². The van der Waals surface area contributed by atoms with Crippen molar-refractivity contribution in [3.8, 4) is 11.8 Å². The highest BCUT2D eigenvalue weighted by Crippen LogP contribution is 2.12. The Bertz CT molecular complexity index is 330. The molecule has 0 fully saturated rings. The first kappa shape index (κ1) is 10.8. The van der Waals surface area contributed by atoms with Gasteiger partial charge in [-0.3, -0.25) is 0 Å². The number of ether oxygens (including phenoxy) is 1. The smallest absolute Gasteiger partial charge is 0.140 e. The molecule has 1 unspecified atom stereocenters. The first-order valence-corrected chi connectivity index (χ1v) is 4.46. The summed E-state index contributed by atoms with van der Waals surface area (Å²) in [5.74, 6) is 5.43. The summed E-state index contributed by atoms with van der Waals surface area (Å²) in [5, 5.41) is 9.61. The second-order valence-corrected chi connectivity index (χ2v) is 3.07. The number of benzene rings is 1. The minimum absolute atomic E-state index is 0.350. The Morgan fingerprint density at radius 2 is 2.00 bits per heavy atom. The third-order valence-electron chi connectivity index (χ3n) is 1.85. The number of rotatable bonds is 2. The average Bonchev–Trinajstić information content (AvgIpc) is 2.19. The lowest BCUT2D eigenvalue weighted by molar-refractivity contribution is 0.230. The normalized spacial score (nSPS) is 11.6. The maximum atomic E-state index is 9.61. The van der Waals surface area contributed by atoms with Gasteiger partial charge in [0.25, 0.3) is 0 Å². The molecule has 0 bridgehead atoms. The molecular formula is C12H14O2. The zero-order valence-corrected chi connectivity index (χ0v) is 8.45. The van der Waals surface area contributed by atoms with Crippen molar-refractivity contribution in [2.75, 3.05) is 13.7 Å². The fraction of sp³-hybridized carbons (Fsp3) is 0.333. The summed E-state index contributed by atoms with van der Waals surface area (Å²) in [7, 11) is 1.58. The highest BCUT2D eigenvalue weighted by atomic mass is 16.5. The van der Waals surface area contributed by atoms with Crippen molar-refractivity contribution >= 4 is 0 Å². The van der Waals surface area contributed by atoms with Crippen LogP contribution in [0.4, 0.5) is 0 Å². The van der Waals surface area contributed by atoms with E-state index >= 15 is 0 Å². The van der Waals surface area contributed by atoms with Crippen molar-refractivity contribution in [2.45, 2.75) is 13.0 Å². The molecule has 0 aliphatic heterocycles. The average molecular weight is 190 g/mol. The molecule has 0 spiro atoms. The SMILES string of the molecule is COCC#CC(O)c1ccc(C)cc1. The minimum Gasteiger partial charge on any atom is -0.376 e. The van der Waals surface area contributed by atoms with Crippen LogP contribution >= 0.6 is 0 Å². The number of methoxy groups -OCH3 is 1. The van der Waals surface area contributed by atoms with Gasteiger partial charge in [0, 0.05) is 7.11 Å². The van der Waals surface area contributed by atoms with Gasteiger partial charge < -0.3 is 9.84 Å². The zero-order valence-electron chi connectivity index (χ0n) is 8.45. The van der Waals surface area contributed by atoms with Crippen LogP contribution in [-0.4, -0.2) is 18.8 Å². The molecule has 1 aromatic rings. The van der Waals surface area contributed by atoms with Gasteiger partial charge >= 0.3 is 0 Å². The monoisotopic (exact) mass is 190 g/mol. The van der Waals surface area contributed by atoms with Crippen LogP contribution in [0.15, 0.2) is 24.3 Å². The highest BCUT2D eigenvalue weighted by molar-refractivity contribution is 5.28. The Morgan fingerprint density at radius 1 is 1.36 bits per heavy atom. The molecular weight excluding hydrogens is 176 g/mol. The largest absolute Gasteiger partial charge is 0.376 e. The van der Waals surface area contributed by atoms with E-state index in [2.05, 4.69) is 11.8 Å². The lowest BCUT2D eigenvalue weighted by atomic mass is 10.1. The molecule has 0 saturated carbocycles. The van der Waals surface area contributed by atoms with Crippen molar-refractivity contribution in [3.05, 3.63) is 35.4 Å². The molecule has 0 aliphatic rings. The Balaban J connectivity index is 2.66. The van der Waals surface area contributed by atoms with Crippen molar-refractivity contribution in [2.24, 2.45) is 0 Å². The van der Waals surface area contributed by atoms with E-state index in [0.29, 0.717) is 6.61 Å². The van der Waals surface area contributed by atoms with Gasteiger partial charge in [-0.25, -0.2) is 0 Å². The van der Waals surface area contributed by atoms with Crippen LogP contribution in [0.1, 0.15) is 17.2 Å². The molecule has 0 heterocycles. The lowest BCUT2D eigenvalue weighted by Gasteiger charge is -2.03. The van der Waals surface area contributed by atoms with E-state index in [-0.39, 0.29) is 0 Å². The number of aryl methyl sites for hydroxylation is 1. The van der Waals surface area contributed by atoms with E-state index < -0.39 is 6.10 Å². The molecule has 0 aromatic heterocycles. The van der Waals surface area contributed by atoms with Gasteiger partial charge in [0.2, 0.25) is 0 Å². The predicted octanol–water partition coefficient (Wildman–Crippen LogP) is 1.68. The fourth-order valence-corrected chi connectivity index (χ4v) is 1.04. The molecule has 1 atom stereocenters. The zero-order chi connectivity index (χ0) is 10.4. The third-order valence-corrected chi connectivity index (χ3v) is 1.85. The summed E-state index contributed by atoms with van der Waals surface area (Å²) in [6.45, 7) is 2.36. The van der Waals surface area contributed by atoms with Gasteiger partial charge in [-0.1, -0.05) is 41.7 Å². The second-order valence-electron chi connectivity index (χ2n) is 3.07. The molecule has 1 N–H and O–H groups in total. The minimum atomic E-state index is -0.717. The van der Waals surface area contributed by atoms with Gasteiger partial charge in [0.1, 0.15) is 12.7 Å². The van der Waals surface area contributed by atoms with Crippen LogP contribution in [0.5, 0.6) is 0 Å². The van der Waals surface area contributed by atoms with Crippen molar-refractivity contribution in [1.82, 2.24) is 0 Å². The predicted molar refractivity (Wildman–Crippen MR) is 55.8 cm³/mol. The van der Waals surface area contributed by atoms with Gasteiger partial charge in [-0.05, 0) is 12.5 Å². The summed E-state index contributed by atoms with van der Waals surface area (Å²) in [5.41, 5.74) is 1.99. The summed E-state index contributed by atoms with van der Waals surface area (Å²) in [4.78, 5) is 0. The van der Waals surface area contributed by atoms with Gasteiger partial charge in [0.05, 0.1) is 0 Å². The maximum absolute atomic E-state index is 9.61. The van der Waals surface area contributed by atoms with E-state index in [0.717, 1.165) is 5.56 Å². The first-order valence-electron chi connectivity index (χ1n) is 4.46. The second kappa shape index (κ2) is 5.43. The quantitative estimate of drug-likeness (QED) is 0.719. The molecule has 0 saturated heterocycles. The van der Waals surface area contributed by atoms with Crippen LogP contribution in [0, 0.1) is 18.8 Å². The number of hydrogen-bond donors (Lipinski definition) is 1. The third kappa shape index (κ3) is 3.21. The molecule has 0 radical (unpaired) electrons. The summed E-state index contributed by atoms with van der Waals surface area (Å²) < 4.78 is 4.76. The molecule has 1 rings (SSSR count). The molecule has 2 nitrogen and oxygen atoms in total. The van der Waals surface area contributed by atoms with Crippen molar-refractivity contribution < 1.29 is 9.84 Å². The topological polar surface area (TPSA) is 29.5 Å². The summed E-state index contributed by atoms with van der Waals surface area (Å²) in [6, 6.07) is 7.66. The van der Waals surface area contributed by atoms with E-state index in [1.807, 2.05) is 31.2 Å². The Kier molecular flexibility index (Phi) is 4.18. The summed E-state index contributed by atoms with van der Waals surface area (Å²) in [6.07, 6.45) is -0.717. The van der Waals surface area contributed by atoms with Crippen LogP contribution in [0.25, 0.3) is 0 Å². The van der Waals surface area contributed by atoms with Crippen LogP contribution < -0.4 is 0 Å². The van der Waals surface area contributed by atoms with Crippen molar-refractivity contribution in [1.29, 1.82) is 0 Å². The Hall–Kier alpha value is -1.30. The molecule has 14 heavy (non-hydrogen) atoms. The fourth-order valence-electron chi connectivity index (χ4n) is 1.04. The van der Waals surface area contributed by atoms with Crippen LogP contribution in [-0.2, 0) is 4.74 Å². The first-order chi connectivity index (χ1) is 6.74. The van der Waals surface area contributed by atoms with Gasteiger partial charge in [0.15, 0.2) is 0 Å². The highest BCUT2D eigenvalue weighted by Gasteiger charge is 2.01. The molecule has 74 valence electrons. The number of hydrogen-bond acceptors (Lipinski definition) is 2. The van der Waals surface area contributed by atoms with Gasteiger partial charge in [-0.2, -0.15) is 0 Å². The molecule has 2 heteroatoms. The van der Waals surface area contributed by atoms with Crippen LogP contribution in [0.2, 0.25) is 0 Å². The molecule has 0 amide bonds. The van der Waals surface area contributed by atoms with E-state index in [1.54, 1.807) is 7.11 Å². The standard InChI is InChI=1S/C12H14O2/c1-10-5-7-11(8-6-10)12(13)4-3-9-14-2/h5-8,12-13H,9H2,1-2H3.